The molecule has 0 bridgehead atoms. The van der Waals surface area contributed by atoms with Crippen LogP contribution in [0.3, 0.4) is 0 Å². The lowest BCUT2D eigenvalue weighted by atomic mass is 10.1. The van der Waals surface area contributed by atoms with E-state index < -0.39 is 0 Å². The Morgan fingerprint density at radius 1 is 1.38 bits per heavy atom. The van der Waals surface area contributed by atoms with Crippen molar-refractivity contribution >= 4 is 51.7 Å². The maximum atomic E-state index is 12.4. The van der Waals surface area contributed by atoms with E-state index in [0.29, 0.717) is 15.7 Å². The summed E-state index contributed by atoms with van der Waals surface area (Å²) in [4.78, 5) is 16.3. The third-order valence-corrected chi connectivity index (χ3v) is 4.45. The second-order valence-corrected chi connectivity index (χ2v) is 6.37. The van der Waals surface area contributed by atoms with E-state index in [1.165, 1.54) is 0 Å². The molecule has 0 spiro atoms. The van der Waals surface area contributed by atoms with Gasteiger partial charge in [-0.15, -0.1) is 0 Å². The molecular formula is C14H9Cl2IN2O2. The number of fused-ring (bicyclic) bond motifs is 1. The molecule has 1 unspecified atom stereocenters. The lowest BCUT2D eigenvalue weighted by Gasteiger charge is -2.13. The van der Waals surface area contributed by atoms with Crippen molar-refractivity contribution in [1.82, 2.24) is 10.3 Å². The van der Waals surface area contributed by atoms with Crippen molar-refractivity contribution in [2.45, 2.75) is 6.04 Å². The highest BCUT2D eigenvalue weighted by molar-refractivity contribution is 14.1. The molecule has 4 nitrogen and oxygen atoms in total. The van der Waals surface area contributed by atoms with E-state index in [0.717, 1.165) is 11.3 Å². The molecule has 0 radical (unpaired) electrons. The monoisotopic (exact) mass is 434 g/mol. The summed E-state index contributed by atoms with van der Waals surface area (Å²) in [7, 11) is 0. The minimum Gasteiger partial charge on any atom is -0.491 e. The Balaban J connectivity index is 1.86. The molecule has 0 fully saturated rings. The van der Waals surface area contributed by atoms with Crippen LogP contribution in [0.5, 0.6) is 5.75 Å². The molecule has 1 amide bonds. The van der Waals surface area contributed by atoms with Gasteiger partial charge in [-0.3, -0.25) is 4.79 Å². The average Bonchev–Trinajstić information content (AvgIpc) is 2.81. The Hall–Kier alpha value is -1.05. The molecule has 2 aromatic rings. The number of carbonyl (C=O) groups is 1. The second kappa shape index (κ2) is 5.98. The molecule has 0 saturated heterocycles. The van der Waals surface area contributed by atoms with Crippen LogP contribution < -0.4 is 10.1 Å². The summed E-state index contributed by atoms with van der Waals surface area (Å²) in [6.07, 6.45) is 0. The van der Waals surface area contributed by atoms with Crippen LogP contribution in [0.2, 0.25) is 10.3 Å². The van der Waals surface area contributed by atoms with Crippen molar-refractivity contribution in [3.05, 3.63) is 55.3 Å². The van der Waals surface area contributed by atoms with E-state index in [-0.39, 0.29) is 22.3 Å². The SMILES string of the molecule is O=C(NC1COc2ccccc21)c1c(I)cc(Cl)nc1Cl. The topological polar surface area (TPSA) is 51.2 Å². The van der Waals surface area contributed by atoms with Crippen LogP contribution in [0.4, 0.5) is 0 Å². The molecule has 0 saturated carbocycles. The van der Waals surface area contributed by atoms with Crippen molar-refractivity contribution in [1.29, 1.82) is 0 Å². The van der Waals surface area contributed by atoms with Gasteiger partial charge in [0.2, 0.25) is 0 Å². The Labute approximate surface area is 144 Å². The number of pyridine rings is 1. The number of rotatable bonds is 2. The second-order valence-electron chi connectivity index (χ2n) is 4.47. The molecule has 1 aliphatic rings. The van der Waals surface area contributed by atoms with Crippen LogP contribution in [-0.2, 0) is 0 Å². The maximum absolute atomic E-state index is 12.4. The van der Waals surface area contributed by atoms with E-state index in [9.17, 15) is 4.79 Å². The van der Waals surface area contributed by atoms with E-state index in [4.69, 9.17) is 27.9 Å². The van der Waals surface area contributed by atoms with Gasteiger partial charge >= 0.3 is 0 Å². The zero-order chi connectivity index (χ0) is 15.0. The van der Waals surface area contributed by atoms with Crippen molar-refractivity contribution in [3.63, 3.8) is 0 Å². The Kier molecular flexibility index (Phi) is 4.24. The fraction of sp³-hybridized carbons (Fsp3) is 0.143. The molecular weight excluding hydrogens is 426 g/mol. The van der Waals surface area contributed by atoms with Gasteiger partial charge in [-0.05, 0) is 34.7 Å². The van der Waals surface area contributed by atoms with Crippen LogP contribution in [0.25, 0.3) is 0 Å². The first kappa shape index (κ1) is 14.9. The quantitative estimate of drug-likeness (QED) is 0.576. The molecule has 1 N–H and O–H groups in total. The van der Waals surface area contributed by atoms with Crippen molar-refractivity contribution in [3.8, 4) is 5.75 Å². The molecule has 108 valence electrons. The van der Waals surface area contributed by atoms with Crippen molar-refractivity contribution < 1.29 is 9.53 Å². The summed E-state index contributed by atoms with van der Waals surface area (Å²) in [5.41, 5.74) is 1.28. The first-order valence-corrected chi connectivity index (χ1v) is 7.94. The molecule has 2 heterocycles. The fourth-order valence-electron chi connectivity index (χ4n) is 2.17. The molecule has 0 aliphatic carbocycles. The van der Waals surface area contributed by atoms with Gasteiger partial charge in [0.05, 0.1) is 11.6 Å². The molecule has 1 atom stereocenters. The highest BCUT2D eigenvalue weighted by atomic mass is 127. The van der Waals surface area contributed by atoms with Crippen LogP contribution >= 0.6 is 45.8 Å². The van der Waals surface area contributed by atoms with E-state index in [1.54, 1.807) is 6.07 Å². The van der Waals surface area contributed by atoms with Gasteiger partial charge in [-0.25, -0.2) is 4.98 Å². The highest BCUT2D eigenvalue weighted by Crippen LogP contribution is 2.32. The van der Waals surface area contributed by atoms with E-state index >= 15 is 0 Å². The first-order valence-electron chi connectivity index (χ1n) is 6.10. The third kappa shape index (κ3) is 2.95. The normalized spacial score (nSPS) is 16.2. The summed E-state index contributed by atoms with van der Waals surface area (Å²) in [5.74, 6) is 0.497. The molecule has 3 rings (SSSR count). The molecule has 1 aromatic carbocycles. The number of benzene rings is 1. The Bertz CT molecular complexity index is 701. The van der Waals surface area contributed by atoms with Gasteiger partial charge in [-0.1, -0.05) is 41.4 Å². The van der Waals surface area contributed by atoms with Gasteiger partial charge in [0, 0.05) is 9.13 Å². The smallest absolute Gasteiger partial charge is 0.256 e. The van der Waals surface area contributed by atoms with Gasteiger partial charge < -0.3 is 10.1 Å². The number of hydrogen-bond donors (Lipinski definition) is 1. The predicted octanol–water partition coefficient (Wildman–Crippen LogP) is 3.86. The number of aromatic nitrogens is 1. The summed E-state index contributed by atoms with van der Waals surface area (Å²) < 4.78 is 6.20. The van der Waals surface area contributed by atoms with Crippen LogP contribution in [0, 0.1) is 3.57 Å². The van der Waals surface area contributed by atoms with Gasteiger partial charge in [0.25, 0.3) is 5.91 Å². The molecule has 21 heavy (non-hydrogen) atoms. The van der Waals surface area contributed by atoms with Gasteiger partial charge in [0.15, 0.2) is 0 Å². The zero-order valence-corrected chi connectivity index (χ0v) is 14.2. The first-order chi connectivity index (χ1) is 10.1. The lowest BCUT2D eigenvalue weighted by molar-refractivity contribution is 0.0929. The molecule has 1 aliphatic heterocycles. The highest BCUT2D eigenvalue weighted by Gasteiger charge is 2.27. The number of halogens is 3. The lowest BCUT2D eigenvalue weighted by Crippen LogP contribution is -2.30. The minimum atomic E-state index is -0.293. The summed E-state index contributed by atoms with van der Waals surface area (Å²) >= 11 is 13.8. The number of carbonyl (C=O) groups excluding carboxylic acids is 1. The largest absolute Gasteiger partial charge is 0.491 e. The van der Waals surface area contributed by atoms with Crippen molar-refractivity contribution in [2.75, 3.05) is 6.61 Å². The minimum absolute atomic E-state index is 0.0941. The zero-order valence-electron chi connectivity index (χ0n) is 10.6. The number of hydrogen-bond acceptors (Lipinski definition) is 3. The van der Waals surface area contributed by atoms with Gasteiger partial charge in [0.1, 0.15) is 22.7 Å². The van der Waals surface area contributed by atoms with Gasteiger partial charge in [-0.2, -0.15) is 0 Å². The summed E-state index contributed by atoms with van der Waals surface area (Å²) in [6.45, 7) is 0.403. The fourth-order valence-corrected chi connectivity index (χ4v) is 3.83. The maximum Gasteiger partial charge on any atom is 0.256 e. The number of para-hydroxylation sites is 1. The predicted molar refractivity (Wildman–Crippen MR) is 89.1 cm³/mol. The Morgan fingerprint density at radius 2 is 2.14 bits per heavy atom. The number of nitrogens with zero attached hydrogens (tertiary/aromatic N) is 1. The number of nitrogens with one attached hydrogen (secondary N) is 1. The standard InChI is InChI=1S/C14H9Cl2IN2O2/c15-11-5-8(17)12(13(16)19-11)14(20)18-9-6-21-10-4-2-1-3-7(9)10/h1-5,9H,6H2,(H,18,20). The molecule has 1 aromatic heterocycles. The van der Waals surface area contributed by atoms with Crippen LogP contribution in [-0.4, -0.2) is 17.5 Å². The van der Waals surface area contributed by atoms with Crippen LogP contribution in [0.1, 0.15) is 22.0 Å². The number of amides is 1. The van der Waals surface area contributed by atoms with E-state index in [2.05, 4.69) is 10.3 Å². The van der Waals surface area contributed by atoms with Crippen molar-refractivity contribution in [2.24, 2.45) is 0 Å². The molecule has 7 heteroatoms. The third-order valence-electron chi connectivity index (χ3n) is 3.13. The Morgan fingerprint density at radius 3 is 2.90 bits per heavy atom. The van der Waals surface area contributed by atoms with Crippen LogP contribution in [0.15, 0.2) is 30.3 Å². The average molecular weight is 435 g/mol. The summed E-state index contributed by atoms with van der Waals surface area (Å²) in [6, 6.07) is 9.01. The summed E-state index contributed by atoms with van der Waals surface area (Å²) in [5, 5.41) is 3.27. The van der Waals surface area contributed by atoms with E-state index in [1.807, 2.05) is 46.9 Å². The number of ether oxygens (including phenoxy) is 1.